The predicted molar refractivity (Wildman–Crippen MR) is 44.0 cm³/mol. The van der Waals surface area contributed by atoms with Gasteiger partial charge in [-0.05, 0) is 12.8 Å². The Morgan fingerprint density at radius 2 is 1.38 bits per heavy atom. The van der Waals surface area contributed by atoms with E-state index < -0.39 is 0 Å². The first-order chi connectivity index (χ1) is 6.29. The molecule has 13 heavy (non-hydrogen) atoms. The summed E-state index contributed by atoms with van der Waals surface area (Å²) in [4.78, 5) is 21.8. The minimum absolute atomic E-state index is 0.0646. The summed E-state index contributed by atoms with van der Waals surface area (Å²) in [5.74, 6) is -0.649. The zero-order valence-electron chi connectivity index (χ0n) is 7.38. The van der Waals surface area contributed by atoms with Gasteiger partial charge in [-0.3, -0.25) is 14.9 Å². The van der Waals surface area contributed by atoms with Crippen LogP contribution in [0.2, 0.25) is 0 Å². The zero-order valence-corrected chi connectivity index (χ0v) is 7.38. The van der Waals surface area contributed by atoms with Crippen LogP contribution in [0.5, 0.6) is 0 Å². The molecule has 1 aliphatic rings. The van der Waals surface area contributed by atoms with Gasteiger partial charge in [-0.2, -0.15) is 0 Å². The number of hydrogen-bond acceptors (Lipinski definition) is 5. The Bertz CT molecular complexity index is 173. The normalized spacial score (nSPS) is 21.2. The van der Waals surface area contributed by atoms with Crippen LogP contribution in [-0.2, 0) is 19.1 Å². The van der Waals surface area contributed by atoms with E-state index in [4.69, 9.17) is 9.47 Å². The highest BCUT2D eigenvalue weighted by Gasteiger charge is 2.07. The van der Waals surface area contributed by atoms with Crippen LogP contribution in [0, 0.1) is 0 Å². The Morgan fingerprint density at radius 1 is 0.923 bits per heavy atom. The molecule has 0 bridgehead atoms. The van der Waals surface area contributed by atoms with Crippen LogP contribution in [0.15, 0.2) is 0 Å². The molecule has 1 heterocycles. The molecule has 0 aliphatic carbocycles. The zero-order chi connectivity index (χ0) is 9.52. The number of esters is 2. The summed E-state index contributed by atoms with van der Waals surface area (Å²) in [7, 11) is 0. The first-order valence-electron chi connectivity index (χ1n) is 4.31. The van der Waals surface area contributed by atoms with Crippen molar-refractivity contribution in [2.75, 3.05) is 26.3 Å². The molecule has 1 rings (SSSR count). The Kier molecular flexibility index (Phi) is 4.25. The van der Waals surface area contributed by atoms with Crippen molar-refractivity contribution >= 4 is 11.9 Å². The van der Waals surface area contributed by atoms with Gasteiger partial charge in [-0.25, -0.2) is 0 Å². The Balaban J connectivity index is 2.31. The van der Waals surface area contributed by atoms with Crippen LogP contribution >= 0.6 is 0 Å². The van der Waals surface area contributed by atoms with Crippen LogP contribution in [0.4, 0.5) is 0 Å². The summed E-state index contributed by atoms with van der Waals surface area (Å²) in [6.45, 7) is 0.931. The topological polar surface area (TPSA) is 64.6 Å². The van der Waals surface area contributed by atoms with Crippen molar-refractivity contribution < 1.29 is 19.1 Å². The lowest BCUT2D eigenvalue weighted by Crippen LogP contribution is -2.30. The van der Waals surface area contributed by atoms with Gasteiger partial charge in [0.25, 0.3) is 0 Å². The standard InChI is InChI=1S/C8H13NO4/c10-7-5-9-6-8(11)13-4-2-1-3-12-7/h9H,1-6H2. The molecule has 1 N–H and O–H groups in total. The maximum absolute atomic E-state index is 10.9. The molecule has 0 radical (unpaired) electrons. The third kappa shape index (κ3) is 4.47. The number of carbonyl (C=O) groups is 2. The van der Waals surface area contributed by atoms with E-state index in [0.29, 0.717) is 13.2 Å². The van der Waals surface area contributed by atoms with Gasteiger partial charge in [0.2, 0.25) is 0 Å². The summed E-state index contributed by atoms with van der Waals surface area (Å²) < 4.78 is 9.68. The van der Waals surface area contributed by atoms with Gasteiger partial charge in [0.15, 0.2) is 0 Å². The molecule has 0 spiro atoms. The molecule has 0 aromatic rings. The van der Waals surface area contributed by atoms with Crippen LogP contribution in [0.3, 0.4) is 0 Å². The molecule has 1 aliphatic heterocycles. The lowest BCUT2D eigenvalue weighted by molar-refractivity contribution is -0.142. The van der Waals surface area contributed by atoms with E-state index in [2.05, 4.69) is 5.32 Å². The van der Waals surface area contributed by atoms with Gasteiger partial charge < -0.3 is 9.47 Å². The molecular weight excluding hydrogens is 174 g/mol. The number of ether oxygens (including phenoxy) is 2. The molecule has 0 saturated carbocycles. The number of cyclic esters (lactones) is 2. The molecule has 0 amide bonds. The first-order valence-corrected chi connectivity index (χ1v) is 4.31. The number of nitrogens with one attached hydrogen (secondary N) is 1. The van der Waals surface area contributed by atoms with E-state index >= 15 is 0 Å². The van der Waals surface area contributed by atoms with Crippen LogP contribution in [0.1, 0.15) is 12.8 Å². The van der Waals surface area contributed by atoms with Crippen molar-refractivity contribution in [1.82, 2.24) is 5.32 Å². The van der Waals surface area contributed by atoms with Crippen LogP contribution < -0.4 is 5.32 Å². The second-order valence-electron chi connectivity index (χ2n) is 2.75. The molecule has 1 fully saturated rings. The SMILES string of the molecule is O=C1CNCC(=O)OCCCCO1. The fourth-order valence-corrected chi connectivity index (χ4v) is 0.945. The first kappa shape index (κ1) is 9.98. The second kappa shape index (κ2) is 5.53. The number of hydrogen-bond donors (Lipinski definition) is 1. The average Bonchev–Trinajstić information content (AvgIpc) is 2.13. The smallest absolute Gasteiger partial charge is 0.319 e. The van der Waals surface area contributed by atoms with Gasteiger partial charge in [-0.15, -0.1) is 0 Å². The highest BCUT2D eigenvalue weighted by atomic mass is 16.5. The molecule has 0 aromatic carbocycles. The second-order valence-corrected chi connectivity index (χ2v) is 2.75. The largest absolute Gasteiger partial charge is 0.465 e. The van der Waals surface area contributed by atoms with Crippen LogP contribution in [0.25, 0.3) is 0 Å². The van der Waals surface area contributed by atoms with E-state index in [1.807, 2.05) is 0 Å². The number of carbonyl (C=O) groups excluding carboxylic acids is 2. The summed E-state index contributed by atoms with van der Waals surface area (Å²) in [5.41, 5.74) is 0. The quantitative estimate of drug-likeness (QED) is 0.516. The Labute approximate surface area is 76.4 Å². The molecule has 74 valence electrons. The number of rotatable bonds is 0. The maximum atomic E-state index is 10.9. The molecule has 0 unspecified atom stereocenters. The highest BCUT2D eigenvalue weighted by Crippen LogP contribution is 1.93. The molecule has 5 nitrogen and oxygen atoms in total. The highest BCUT2D eigenvalue weighted by molar-refractivity contribution is 5.74. The van der Waals surface area contributed by atoms with E-state index in [-0.39, 0.29) is 25.0 Å². The van der Waals surface area contributed by atoms with Gasteiger partial charge in [0, 0.05) is 0 Å². The third-order valence-corrected chi connectivity index (χ3v) is 1.60. The average molecular weight is 187 g/mol. The lowest BCUT2D eigenvalue weighted by Gasteiger charge is -2.02. The van der Waals surface area contributed by atoms with E-state index in [1.54, 1.807) is 0 Å². The van der Waals surface area contributed by atoms with Gasteiger partial charge in [-0.1, -0.05) is 0 Å². The van der Waals surface area contributed by atoms with Crippen LogP contribution in [-0.4, -0.2) is 38.2 Å². The summed E-state index contributed by atoms with van der Waals surface area (Å²) in [5, 5.41) is 2.63. The molecule has 5 heteroatoms. The summed E-state index contributed by atoms with van der Waals surface area (Å²) >= 11 is 0. The predicted octanol–water partition coefficient (Wildman–Crippen LogP) is -0.544. The van der Waals surface area contributed by atoms with Crippen molar-refractivity contribution in [3.63, 3.8) is 0 Å². The van der Waals surface area contributed by atoms with E-state index in [0.717, 1.165) is 12.8 Å². The van der Waals surface area contributed by atoms with Crippen molar-refractivity contribution in [2.24, 2.45) is 0 Å². The third-order valence-electron chi connectivity index (χ3n) is 1.60. The van der Waals surface area contributed by atoms with Crippen molar-refractivity contribution in [3.8, 4) is 0 Å². The fraction of sp³-hybridized carbons (Fsp3) is 0.750. The minimum atomic E-state index is -0.324. The minimum Gasteiger partial charge on any atom is -0.465 e. The Hall–Kier alpha value is -1.10. The van der Waals surface area contributed by atoms with E-state index in [1.165, 1.54) is 0 Å². The summed E-state index contributed by atoms with van der Waals surface area (Å²) in [6, 6.07) is 0. The lowest BCUT2D eigenvalue weighted by atomic mass is 10.3. The van der Waals surface area contributed by atoms with Crippen molar-refractivity contribution in [3.05, 3.63) is 0 Å². The van der Waals surface area contributed by atoms with Crippen molar-refractivity contribution in [2.45, 2.75) is 12.8 Å². The van der Waals surface area contributed by atoms with Gasteiger partial charge >= 0.3 is 11.9 Å². The molecule has 1 saturated heterocycles. The van der Waals surface area contributed by atoms with Crippen molar-refractivity contribution in [1.29, 1.82) is 0 Å². The Morgan fingerprint density at radius 3 is 1.85 bits per heavy atom. The molecular formula is C8H13NO4. The summed E-state index contributed by atoms with van der Waals surface area (Å²) in [6.07, 6.45) is 1.47. The fourth-order valence-electron chi connectivity index (χ4n) is 0.945. The van der Waals surface area contributed by atoms with Gasteiger partial charge in [0.1, 0.15) is 0 Å². The maximum Gasteiger partial charge on any atom is 0.319 e. The molecule has 0 atom stereocenters. The van der Waals surface area contributed by atoms with Gasteiger partial charge in [0.05, 0.1) is 26.3 Å². The monoisotopic (exact) mass is 187 g/mol. The molecule has 0 aromatic heterocycles. The van der Waals surface area contributed by atoms with E-state index in [9.17, 15) is 9.59 Å².